The van der Waals surface area contributed by atoms with E-state index in [1.165, 1.54) is 12.1 Å². The quantitative estimate of drug-likeness (QED) is 0.643. The van der Waals surface area contributed by atoms with Crippen molar-refractivity contribution < 1.29 is 9.53 Å². The fourth-order valence-corrected chi connectivity index (χ4v) is 2.15. The van der Waals surface area contributed by atoms with Crippen molar-refractivity contribution in [2.45, 2.75) is 0 Å². The molecule has 4 nitrogen and oxygen atoms in total. The molecular weight excluding hydrogens is 335 g/mol. The maximum Gasteiger partial charge on any atom is 0.262 e. The molecule has 2 aromatic rings. The van der Waals surface area contributed by atoms with Gasteiger partial charge < -0.3 is 15.8 Å². The number of anilines is 2. The number of amides is 1. The lowest BCUT2D eigenvalue weighted by atomic mass is 10.2. The molecule has 2 rings (SSSR count). The van der Waals surface area contributed by atoms with Crippen LogP contribution in [0.25, 0.3) is 0 Å². The maximum absolute atomic E-state index is 11.8. The number of carbonyl (C=O) groups excluding carboxylic acids is 1. The fraction of sp³-hybridized carbons (Fsp3) is 0.0714. The molecule has 0 heterocycles. The van der Waals surface area contributed by atoms with Gasteiger partial charge in [0.2, 0.25) is 0 Å². The van der Waals surface area contributed by atoms with Crippen LogP contribution < -0.4 is 15.8 Å². The molecule has 0 saturated heterocycles. The Morgan fingerprint density at radius 3 is 2.48 bits per heavy atom. The van der Waals surface area contributed by atoms with Gasteiger partial charge in [0.05, 0.1) is 26.4 Å². The first-order valence-electron chi connectivity index (χ1n) is 5.89. The van der Waals surface area contributed by atoms with E-state index in [0.29, 0.717) is 21.4 Å². The van der Waals surface area contributed by atoms with Crippen LogP contribution in [-0.4, -0.2) is 12.5 Å². The van der Waals surface area contributed by atoms with Crippen molar-refractivity contribution in [2.24, 2.45) is 0 Å². The second kappa shape index (κ2) is 6.89. The lowest BCUT2D eigenvalue weighted by molar-refractivity contribution is -0.118. The van der Waals surface area contributed by atoms with E-state index in [-0.39, 0.29) is 23.3 Å². The van der Waals surface area contributed by atoms with Gasteiger partial charge in [-0.05, 0) is 18.2 Å². The van der Waals surface area contributed by atoms with Crippen LogP contribution in [0.15, 0.2) is 36.4 Å². The van der Waals surface area contributed by atoms with Crippen molar-refractivity contribution in [3.8, 4) is 5.75 Å². The number of para-hydroxylation sites is 2. The van der Waals surface area contributed by atoms with Crippen molar-refractivity contribution in [3.05, 3.63) is 51.5 Å². The van der Waals surface area contributed by atoms with Crippen molar-refractivity contribution in [1.82, 2.24) is 0 Å². The molecule has 0 unspecified atom stereocenters. The van der Waals surface area contributed by atoms with Crippen molar-refractivity contribution in [1.29, 1.82) is 0 Å². The molecule has 0 aliphatic carbocycles. The van der Waals surface area contributed by atoms with Gasteiger partial charge >= 0.3 is 0 Å². The summed E-state index contributed by atoms with van der Waals surface area (Å²) in [6, 6.07) is 9.83. The standard InChI is InChI=1S/C14H11Cl3N2O2/c15-8-5-10(17)13(6-9(8)16)21-7-14(20)19-12-4-2-1-3-11(12)18/h1-6H,7,18H2,(H,19,20). The van der Waals surface area contributed by atoms with Crippen LogP contribution in [0.5, 0.6) is 5.75 Å². The maximum atomic E-state index is 11.8. The van der Waals surface area contributed by atoms with E-state index in [2.05, 4.69) is 5.32 Å². The third kappa shape index (κ3) is 4.17. The van der Waals surface area contributed by atoms with E-state index in [4.69, 9.17) is 45.3 Å². The second-order valence-electron chi connectivity index (χ2n) is 4.12. The van der Waals surface area contributed by atoms with Crippen molar-refractivity contribution in [3.63, 3.8) is 0 Å². The van der Waals surface area contributed by atoms with E-state index >= 15 is 0 Å². The Labute approximate surface area is 136 Å². The van der Waals surface area contributed by atoms with E-state index in [1.807, 2.05) is 0 Å². The molecule has 21 heavy (non-hydrogen) atoms. The summed E-state index contributed by atoms with van der Waals surface area (Å²) in [6.45, 7) is -0.230. The average Bonchev–Trinajstić information content (AvgIpc) is 2.44. The number of hydrogen-bond donors (Lipinski definition) is 2. The molecule has 0 bridgehead atoms. The zero-order chi connectivity index (χ0) is 15.4. The predicted molar refractivity (Wildman–Crippen MR) is 86.5 cm³/mol. The SMILES string of the molecule is Nc1ccccc1NC(=O)COc1cc(Cl)c(Cl)cc1Cl. The summed E-state index contributed by atoms with van der Waals surface area (Å²) < 4.78 is 5.32. The molecule has 3 N–H and O–H groups in total. The van der Waals surface area contributed by atoms with E-state index < -0.39 is 0 Å². The highest BCUT2D eigenvalue weighted by Crippen LogP contribution is 2.33. The van der Waals surface area contributed by atoms with Crippen LogP contribution in [0.1, 0.15) is 0 Å². The highest BCUT2D eigenvalue weighted by molar-refractivity contribution is 6.43. The Kier molecular flexibility index (Phi) is 5.17. The summed E-state index contributed by atoms with van der Waals surface area (Å²) in [6.07, 6.45) is 0. The summed E-state index contributed by atoms with van der Waals surface area (Å²) in [4.78, 5) is 11.8. The summed E-state index contributed by atoms with van der Waals surface area (Å²) in [5.41, 5.74) is 6.72. The van der Waals surface area contributed by atoms with Crippen LogP contribution >= 0.6 is 34.8 Å². The van der Waals surface area contributed by atoms with E-state index in [9.17, 15) is 4.79 Å². The molecule has 0 atom stereocenters. The molecule has 110 valence electrons. The molecule has 7 heteroatoms. The summed E-state index contributed by atoms with van der Waals surface area (Å²) in [7, 11) is 0. The van der Waals surface area contributed by atoms with Gasteiger partial charge in [-0.2, -0.15) is 0 Å². The van der Waals surface area contributed by atoms with Gasteiger partial charge in [0.25, 0.3) is 5.91 Å². The smallest absolute Gasteiger partial charge is 0.262 e. The molecular formula is C14H11Cl3N2O2. The number of benzene rings is 2. The van der Waals surface area contributed by atoms with Crippen molar-refractivity contribution >= 4 is 52.1 Å². The Morgan fingerprint density at radius 2 is 1.76 bits per heavy atom. The summed E-state index contributed by atoms with van der Waals surface area (Å²) in [5, 5.41) is 3.52. The molecule has 0 saturated carbocycles. The minimum Gasteiger partial charge on any atom is -0.482 e. The number of carbonyl (C=O) groups is 1. The minimum atomic E-state index is -0.366. The number of hydrogen-bond acceptors (Lipinski definition) is 3. The zero-order valence-electron chi connectivity index (χ0n) is 10.7. The first kappa shape index (κ1) is 15.8. The minimum absolute atomic E-state index is 0.230. The van der Waals surface area contributed by atoms with Gasteiger partial charge in [0.15, 0.2) is 6.61 Å². The Hall–Kier alpha value is -1.62. The van der Waals surface area contributed by atoms with Crippen LogP contribution in [0.3, 0.4) is 0 Å². The molecule has 0 aliphatic heterocycles. The van der Waals surface area contributed by atoms with Gasteiger partial charge in [0, 0.05) is 6.07 Å². The fourth-order valence-electron chi connectivity index (χ4n) is 1.56. The number of nitrogens with one attached hydrogen (secondary N) is 1. The zero-order valence-corrected chi connectivity index (χ0v) is 13.0. The number of rotatable bonds is 4. The van der Waals surface area contributed by atoms with Crippen LogP contribution in [0, 0.1) is 0 Å². The van der Waals surface area contributed by atoms with Crippen LogP contribution in [0.2, 0.25) is 15.1 Å². The van der Waals surface area contributed by atoms with Gasteiger partial charge in [-0.1, -0.05) is 46.9 Å². The Bertz CT molecular complexity index is 677. The second-order valence-corrected chi connectivity index (χ2v) is 5.34. The Morgan fingerprint density at radius 1 is 1.10 bits per heavy atom. The highest BCUT2D eigenvalue weighted by Gasteiger charge is 2.10. The molecule has 0 fully saturated rings. The van der Waals surface area contributed by atoms with Gasteiger partial charge in [0.1, 0.15) is 5.75 Å². The van der Waals surface area contributed by atoms with Gasteiger partial charge in [-0.25, -0.2) is 0 Å². The summed E-state index contributed by atoms with van der Waals surface area (Å²) >= 11 is 17.6. The molecule has 0 spiro atoms. The number of ether oxygens (including phenoxy) is 1. The number of nitrogen functional groups attached to an aromatic ring is 1. The lowest BCUT2D eigenvalue weighted by Crippen LogP contribution is -2.20. The average molecular weight is 346 g/mol. The third-order valence-electron chi connectivity index (χ3n) is 2.57. The van der Waals surface area contributed by atoms with E-state index in [0.717, 1.165) is 0 Å². The molecule has 0 aliphatic rings. The van der Waals surface area contributed by atoms with Crippen LogP contribution in [-0.2, 0) is 4.79 Å². The normalized spacial score (nSPS) is 10.2. The predicted octanol–water partition coefficient (Wildman–Crippen LogP) is 4.25. The Balaban J connectivity index is 1.99. The topological polar surface area (TPSA) is 64.3 Å². The number of halogens is 3. The first-order valence-corrected chi connectivity index (χ1v) is 7.02. The molecule has 2 aromatic carbocycles. The number of nitrogens with two attached hydrogens (primary N) is 1. The van der Waals surface area contributed by atoms with Gasteiger partial charge in [-0.15, -0.1) is 0 Å². The lowest BCUT2D eigenvalue weighted by Gasteiger charge is -2.10. The monoisotopic (exact) mass is 344 g/mol. The largest absolute Gasteiger partial charge is 0.482 e. The third-order valence-corrected chi connectivity index (χ3v) is 3.59. The highest BCUT2D eigenvalue weighted by atomic mass is 35.5. The van der Waals surface area contributed by atoms with Crippen LogP contribution in [0.4, 0.5) is 11.4 Å². The van der Waals surface area contributed by atoms with E-state index in [1.54, 1.807) is 24.3 Å². The van der Waals surface area contributed by atoms with Gasteiger partial charge in [-0.3, -0.25) is 4.79 Å². The molecule has 1 amide bonds. The molecule has 0 radical (unpaired) electrons. The van der Waals surface area contributed by atoms with Crippen molar-refractivity contribution in [2.75, 3.05) is 17.7 Å². The summed E-state index contributed by atoms with van der Waals surface area (Å²) in [5.74, 6) is -0.0858. The molecule has 0 aromatic heterocycles. The first-order chi connectivity index (χ1) is 9.97.